The number of carbonyl (C=O) groups is 1. The average Bonchev–Trinajstić information content (AvgIpc) is 3.18. The summed E-state index contributed by atoms with van der Waals surface area (Å²) in [6.45, 7) is 5.26. The summed E-state index contributed by atoms with van der Waals surface area (Å²) < 4.78 is 10.5. The minimum absolute atomic E-state index is 0.272. The Hall–Kier alpha value is -2.80. The number of amides is 1. The number of guanidine groups is 1. The van der Waals surface area contributed by atoms with Crippen LogP contribution in [0.2, 0.25) is 0 Å². The van der Waals surface area contributed by atoms with Gasteiger partial charge in [-0.2, -0.15) is 0 Å². The third kappa shape index (κ3) is 5.93. The molecular weight excluding hydrogens is 332 g/mol. The van der Waals surface area contributed by atoms with E-state index in [-0.39, 0.29) is 17.3 Å². The van der Waals surface area contributed by atoms with E-state index < -0.39 is 0 Å². The van der Waals surface area contributed by atoms with E-state index in [1.54, 1.807) is 26.3 Å². The van der Waals surface area contributed by atoms with Gasteiger partial charge in [-0.25, -0.2) is 0 Å². The summed E-state index contributed by atoms with van der Waals surface area (Å²) >= 11 is 0. The van der Waals surface area contributed by atoms with Crippen molar-refractivity contribution in [2.75, 3.05) is 26.0 Å². The smallest absolute Gasteiger partial charge is 0.291 e. The predicted molar refractivity (Wildman–Crippen MR) is 102 cm³/mol. The fourth-order valence-corrected chi connectivity index (χ4v) is 2.08. The van der Waals surface area contributed by atoms with E-state index in [1.807, 2.05) is 38.1 Å². The highest BCUT2D eigenvalue weighted by Crippen LogP contribution is 2.12. The molecule has 0 aliphatic heterocycles. The Morgan fingerprint density at radius 1 is 1.19 bits per heavy atom. The lowest BCUT2D eigenvalue weighted by Gasteiger charge is -2.24. The maximum Gasteiger partial charge on any atom is 0.291 e. The molecule has 0 fully saturated rings. The highest BCUT2D eigenvalue weighted by molar-refractivity contribution is 6.02. The monoisotopic (exact) mass is 358 g/mol. The van der Waals surface area contributed by atoms with Crippen LogP contribution in [0.1, 0.15) is 30.0 Å². The highest BCUT2D eigenvalue weighted by atomic mass is 16.5. The summed E-state index contributed by atoms with van der Waals surface area (Å²) in [5.41, 5.74) is 1.50. The van der Waals surface area contributed by atoms with Crippen molar-refractivity contribution in [2.24, 2.45) is 4.99 Å². The number of methoxy groups -OCH3 is 1. The second-order valence-corrected chi connectivity index (χ2v) is 6.37. The average molecular weight is 358 g/mol. The van der Waals surface area contributed by atoms with E-state index in [1.165, 1.54) is 6.26 Å². The molecule has 1 heterocycles. The second kappa shape index (κ2) is 9.05. The quantitative estimate of drug-likeness (QED) is 0.523. The summed E-state index contributed by atoms with van der Waals surface area (Å²) in [5, 5.41) is 9.26. The van der Waals surface area contributed by atoms with Gasteiger partial charge in [0.05, 0.1) is 11.9 Å². The molecule has 0 saturated carbocycles. The maximum absolute atomic E-state index is 11.9. The van der Waals surface area contributed by atoms with E-state index in [2.05, 4.69) is 20.9 Å². The number of carbonyl (C=O) groups excluding carboxylic acids is 1. The molecule has 0 bridgehead atoms. The van der Waals surface area contributed by atoms with E-state index in [9.17, 15) is 4.79 Å². The van der Waals surface area contributed by atoms with Gasteiger partial charge in [0.2, 0.25) is 0 Å². The first-order valence-electron chi connectivity index (χ1n) is 8.37. The Kier molecular flexibility index (Phi) is 6.80. The van der Waals surface area contributed by atoms with Crippen molar-refractivity contribution in [3.63, 3.8) is 0 Å². The zero-order valence-corrected chi connectivity index (χ0v) is 15.6. The van der Waals surface area contributed by atoms with Crippen LogP contribution < -0.4 is 16.0 Å². The number of benzene rings is 1. The molecule has 0 unspecified atom stereocenters. The number of hydrogen-bond acceptors (Lipinski definition) is 4. The molecule has 3 N–H and O–H groups in total. The molecule has 2 rings (SSSR count). The lowest BCUT2D eigenvalue weighted by atomic mass is 10.1. The lowest BCUT2D eigenvalue weighted by molar-refractivity contribution is 0.0268. The molecule has 0 spiro atoms. The van der Waals surface area contributed by atoms with Gasteiger partial charge in [-0.15, -0.1) is 0 Å². The van der Waals surface area contributed by atoms with Crippen LogP contribution in [0.15, 0.2) is 52.1 Å². The van der Waals surface area contributed by atoms with Gasteiger partial charge in [0.15, 0.2) is 11.7 Å². The van der Waals surface area contributed by atoms with Crippen LogP contribution in [0.5, 0.6) is 0 Å². The first kappa shape index (κ1) is 19.5. The zero-order valence-electron chi connectivity index (χ0n) is 15.6. The number of anilines is 1. The largest absolute Gasteiger partial charge is 0.459 e. The molecule has 1 aromatic carbocycles. The van der Waals surface area contributed by atoms with Crippen molar-refractivity contribution in [3.05, 3.63) is 54.0 Å². The highest BCUT2D eigenvalue weighted by Gasteiger charge is 2.16. The maximum atomic E-state index is 11.9. The molecule has 26 heavy (non-hydrogen) atoms. The minimum Gasteiger partial charge on any atom is -0.459 e. The Bertz CT molecular complexity index is 722. The van der Waals surface area contributed by atoms with Gasteiger partial charge in [0.1, 0.15) is 0 Å². The van der Waals surface area contributed by atoms with Crippen LogP contribution in [-0.4, -0.2) is 38.2 Å². The van der Waals surface area contributed by atoms with Gasteiger partial charge >= 0.3 is 0 Å². The molecule has 1 aromatic heterocycles. The van der Waals surface area contributed by atoms with Crippen molar-refractivity contribution in [3.8, 4) is 0 Å². The zero-order chi connectivity index (χ0) is 19.0. The molecule has 2 aromatic rings. The summed E-state index contributed by atoms with van der Waals surface area (Å²) in [7, 11) is 3.41. The van der Waals surface area contributed by atoms with Gasteiger partial charge in [-0.1, -0.05) is 12.1 Å². The third-order valence-electron chi connectivity index (χ3n) is 3.87. The van der Waals surface area contributed by atoms with Gasteiger partial charge < -0.3 is 25.1 Å². The fraction of sp³-hybridized carbons (Fsp3) is 0.368. The summed E-state index contributed by atoms with van der Waals surface area (Å²) in [4.78, 5) is 16.1. The number of nitrogens with zero attached hydrogens (tertiary/aromatic N) is 1. The van der Waals surface area contributed by atoms with Crippen LogP contribution in [0.3, 0.4) is 0 Å². The number of nitrogens with one attached hydrogen (secondary N) is 3. The fourth-order valence-electron chi connectivity index (χ4n) is 2.08. The van der Waals surface area contributed by atoms with Gasteiger partial charge in [0.25, 0.3) is 5.91 Å². The van der Waals surface area contributed by atoms with Crippen LogP contribution in [0.4, 0.5) is 5.69 Å². The van der Waals surface area contributed by atoms with Crippen molar-refractivity contribution in [1.29, 1.82) is 0 Å². The van der Waals surface area contributed by atoms with E-state index in [0.717, 1.165) is 5.56 Å². The summed E-state index contributed by atoms with van der Waals surface area (Å²) in [5.74, 6) is 0.709. The number of ether oxygens (including phenoxy) is 1. The Labute approximate surface area is 153 Å². The second-order valence-electron chi connectivity index (χ2n) is 6.37. The van der Waals surface area contributed by atoms with Crippen molar-refractivity contribution in [2.45, 2.75) is 26.0 Å². The molecule has 0 aliphatic rings. The normalized spacial score (nSPS) is 11.9. The number of furan rings is 1. The molecule has 7 nitrogen and oxygen atoms in total. The Balaban J connectivity index is 1.83. The summed E-state index contributed by atoms with van der Waals surface area (Å²) in [6, 6.07) is 10.9. The Morgan fingerprint density at radius 3 is 2.50 bits per heavy atom. The van der Waals surface area contributed by atoms with Crippen LogP contribution in [0.25, 0.3) is 0 Å². The molecule has 1 amide bonds. The molecule has 140 valence electrons. The predicted octanol–water partition coefficient (Wildman–Crippen LogP) is 2.62. The third-order valence-corrected chi connectivity index (χ3v) is 3.87. The van der Waals surface area contributed by atoms with Crippen LogP contribution >= 0.6 is 0 Å². The molecule has 0 radical (unpaired) electrons. The van der Waals surface area contributed by atoms with Crippen molar-refractivity contribution in [1.82, 2.24) is 10.6 Å². The van der Waals surface area contributed by atoms with Crippen molar-refractivity contribution >= 4 is 17.6 Å². The first-order valence-corrected chi connectivity index (χ1v) is 8.37. The molecule has 0 atom stereocenters. The van der Waals surface area contributed by atoms with Crippen molar-refractivity contribution < 1.29 is 13.9 Å². The number of hydrogen-bond donors (Lipinski definition) is 3. The molecule has 0 aliphatic carbocycles. The van der Waals surface area contributed by atoms with Crippen LogP contribution in [0, 0.1) is 0 Å². The Morgan fingerprint density at radius 2 is 1.92 bits per heavy atom. The first-order chi connectivity index (χ1) is 12.4. The van der Waals surface area contributed by atoms with Gasteiger partial charge in [-0.3, -0.25) is 9.79 Å². The van der Waals surface area contributed by atoms with E-state index in [4.69, 9.17) is 9.15 Å². The topological polar surface area (TPSA) is 87.9 Å². The molecular formula is C19H26N4O3. The summed E-state index contributed by atoms with van der Waals surface area (Å²) in [6.07, 6.45) is 1.47. The standard InChI is InChI=1S/C19H26N4O3/c1-19(2,25-4)13-22-18(20-3)21-12-14-7-9-15(10-8-14)23-17(24)16-6-5-11-26-16/h5-11H,12-13H2,1-4H3,(H,23,24)(H2,20,21,22). The molecule has 7 heteroatoms. The number of aliphatic imine (C=N–C) groups is 1. The van der Waals surface area contributed by atoms with Gasteiger partial charge in [0, 0.05) is 32.9 Å². The molecule has 0 saturated heterocycles. The SMILES string of the molecule is CN=C(NCc1ccc(NC(=O)c2ccco2)cc1)NCC(C)(C)OC. The van der Waals surface area contributed by atoms with E-state index >= 15 is 0 Å². The number of rotatable bonds is 7. The van der Waals surface area contributed by atoms with E-state index in [0.29, 0.717) is 24.7 Å². The van der Waals surface area contributed by atoms with Gasteiger partial charge in [-0.05, 0) is 43.7 Å². The lowest BCUT2D eigenvalue weighted by Crippen LogP contribution is -2.45. The minimum atomic E-state index is -0.272. The van der Waals surface area contributed by atoms with Crippen LogP contribution in [-0.2, 0) is 11.3 Å².